The van der Waals surface area contributed by atoms with Crippen LogP contribution < -0.4 is 14.4 Å². The van der Waals surface area contributed by atoms with Crippen molar-refractivity contribution in [2.45, 2.75) is 19.8 Å². The summed E-state index contributed by atoms with van der Waals surface area (Å²) < 4.78 is 10.6. The van der Waals surface area contributed by atoms with Crippen molar-refractivity contribution in [2.75, 3.05) is 45.3 Å². The number of carbonyl (C=O) groups excluding carboxylic acids is 1. The molecule has 0 saturated carbocycles. The molecule has 1 fully saturated rings. The molecule has 0 aliphatic carbocycles. The molecule has 1 amide bonds. The van der Waals surface area contributed by atoms with Crippen molar-refractivity contribution >= 4 is 23.2 Å². The second kappa shape index (κ2) is 9.20. The molecule has 150 valence electrons. The molecule has 3 rings (SSSR count). The Labute approximate surface area is 171 Å². The van der Waals surface area contributed by atoms with Crippen molar-refractivity contribution in [1.82, 2.24) is 4.90 Å². The number of carbonyl (C=O) groups is 1. The molecule has 2 aromatic carbocycles. The van der Waals surface area contributed by atoms with E-state index in [1.807, 2.05) is 41.3 Å². The lowest BCUT2D eigenvalue weighted by Crippen LogP contribution is -2.49. The predicted molar refractivity (Wildman–Crippen MR) is 113 cm³/mol. The molecule has 1 saturated heterocycles. The zero-order chi connectivity index (χ0) is 20.1. The van der Waals surface area contributed by atoms with E-state index in [2.05, 4.69) is 11.8 Å². The first-order valence-corrected chi connectivity index (χ1v) is 9.89. The van der Waals surface area contributed by atoms with Crippen molar-refractivity contribution in [2.24, 2.45) is 0 Å². The molecular weight excluding hydrogens is 376 g/mol. The van der Waals surface area contributed by atoms with Crippen LogP contribution in [-0.2, 0) is 11.2 Å². The number of hydrogen-bond donors (Lipinski definition) is 0. The Bertz CT molecular complexity index is 810. The van der Waals surface area contributed by atoms with Gasteiger partial charge in [0.1, 0.15) is 11.5 Å². The number of aryl methyl sites for hydroxylation is 2. The lowest BCUT2D eigenvalue weighted by Gasteiger charge is -2.37. The SMILES string of the molecule is COc1cc(CCC(=O)N2CCN(c3cc(Cl)ccc3C)CC2)cc(OC)c1. The third-order valence-electron chi connectivity index (χ3n) is 5.18. The van der Waals surface area contributed by atoms with Crippen LogP contribution in [0.1, 0.15) is 17.5 Å². The van der Waals surface area contributed by atoms with Crippen molar-refractivity contribution in [1.29, 1.82) is 0 Å². The summed E-state index contributed by atoms with van der Waals surface area (Å²) in [5.74, 6) is 1.67. The Kier molecular flexibility index (Phi) is 6.68. The van der Waals surface area contributed by atoms with E-state index in [9.17, 15) is 4.79 Å². The van der Waals surface area contributed by atoms with Crippen LogP contribution in [0, 0.1) is 6.92 Å². The standard InChI is InChI=1S/C22H27ClN2O3/c1-16-4-6-18(23)14-21(16)24-8-10-25(11-9-24)22(26)7-5-17-12-19(27-2)15-20(13-17)28-3/h4,6,12-15H,5,7-11H2,1-3H3. The number of methoxy groups -OCH3 is 2. The zero-order valence-corrected chi connectivity index (χ0v) is 17.5. The van der Waals surface area contributed by atoms with E-state index in [4.69, 9.17) is 21.1 Å². The highest BCUT2D eigenvalue weighted by atomic mass is 35.5. The number of nitrogens with zero attached hydrogens (tertiary/aromatic N) is 2. The van der Waals surface area contributed by atoms with Gasteiger partial charge in [0.05, 0.1) is 14.2 Å². The van der Waals surface area contributed by atoms with Gasteiger partial charge in [-0.3, -0.25) is 4.79 Å². The van der Waals surface area contributed by atoms with Crippen LogP contribution in [0.25, 0.3) is 0 Å². The molecule has 5 nitrogen and oxygen atoms in total. The number of hydrogen-bond acceptors (Lipinski definition) is 4. The van der Waals surface area contributed by atoms with Crippen LogP contribution in [0.2, 0.25) is 5.02 Å². The van der Waals surface area contributed by atoms with E-state index in [1.54, 1.807) is 14.2 Å². The van der Waals surface area contributed by atoms with Gasteiger partial charge in [-0.25, -0.2) is 0 Å². The topological polar surface area (TPSA) is 42.0 Å². The molecule has 6 heteroatoms. The molecule has 0 atom stereocenters. The molecule has 1 aliphatic heterocycles. The fraction of sp³-hybridized carbons (Fsp3) is 0.409. The average molecular weight is 403 g/mol. The van der Waals surface area contributed by atoms with Gasteiger partial charge >= 0.3 is 0 Å². The first-order valence-electron chi connectivity index (χ1n) is 9.51. The van der Waals surface area contributed by atoms with Crippen LogP contribution in [0.5, 0.6) is 11.5 Å². The van der Waals surface area contributed by atoms with Gasteiger partial charge in [-0.2, -0.15) is 0 Å². The van der Waals surface area contributed by atoms with Crippen LogP contribution >= 0.6 is 11.6 Å². The minimum atomic E-state index is 0.184. The minimum absolute atomic E-state index is 0.184. The van der Waals surface area contributed by atoms with Gasteiger partial charge in [-0.1, -0.05) is 17.7 Å². The molecule has 0 spiro atoms. The van der Waals surface area contributed by atoms with E-state index in [1.165, 1.54) is 5.56 Å². The van der Waals surface area contributed by atoms with Crippen LogP contribution in [0.3, 0.4) is 0 Å². The second-order valence-corrected chi connectivity index (χ2v) is 7.46. The largest absolute Gasteiger partial charge is 0.497 e. The van der Waals surface area contributed by atoms with Gasteiger partial charge in [0.15, 0.2) is 0 Å². The van der Waals surface area contributed by atoms with Crippen LogP contribution in [0.4, 0.5) is 5.69 Å². The van der Waals surface area contributed by atoms with E-state index < -0.39 is 0 Å². The summed E-state index contributed by atoms with van der Waals surface area (Å²) in [7, 11) is 3.26. The number of amides is 1. The van der Waals surface area contributed by atoms with Crippen molar-refractivity contribution < 1.29 is 14.3 Å². The zero-order valence-electron chi connectivity index (χ0n) is 16.7. The Morgan fingerprint density at radius 2 is 1.64 bits per heavy atom. The van der Waals surface area contributed by atoms with Gasteiger partial charge in [-0.15, -0.1) is 0 Å². The molecule has 0 aromatic heterocycles. The summed E-state index contributed by atoms with van der Waals surface area (Å²) in [6.45, 7) is 5.18. The molecule has 0 bridgehead atoms. The lowest BCUT2D eigenvalue weighted by atomic mass is 10.1. The Morgan fingerprint density at radius 3 is 2.25 bits per heavy atom. The smallest absolute Gasteiger partial charge is 0.223 e. The summed E-state index contributed by atoms with van der Waals surface area (Å²) >= 11 is 6.15. The Hall–Kier alpha value is -2.40. The number of rotatable bonds is 6. The van der Waals surface area contributed by atoms with Crippen molar-refractivity contribution in [3.05, 3.63) is 52.5 Å². The van der Waals surface area contributed by atoms with Gasteiger partial charge in [0.25, 0.3) is 0 Å². The molecule has 0 radical (unpaired) electrons. The first kappa shape index (κ1) is 20.3. The molecule has 1 aliphatic rings. The van der Waals surface area contributed by atoms with E-state index >= 15 is 0 Å². The maximum absolute atomic E-state index is 12.7. The summed E-state index contributed by atoms with van der Waals surface area (Å²) in [5, 5.41) is 0.743. The second-order valence-electron chi connectivity index (χ2n) is 7.02. The summed E-state index contributed by atoms with van der Waals surface area (Å²) in [6.07, 6.45) is 1.15. The number of piperazine rings is 1. The highest BCUT2D eigenvalue weighted by Gasteiger charge is 2.22. The number of ether oxygens (including phenoxy) is 2. The predicted octanol–water partition coefficient (Wildman–Crippen LogP) is 3.95. The average Bonchev–Trinajstić information content (AvgIpc) is 2.73. The highest BCUT2D eigenvalue weighted by molar-refractivity contribution is 6.30. The maximum Gasteiger partial charge on any atom is 0.223 e. The highest BCUT2D eigenvalue weighted by Crippen LogP contribution is 2.26. The summed E-state index contributed by atoms with van der Waals surface area (Å²) in [4.78, 5) is 16.9. The fourth-order valence-corrected chi connectivity index (χ4v) is 3.71. The monoisotopic (exact) mass is 402 g/mol. The van der Waals surface area contributed by atoms with Crippen LogP contribution in [-0.4, -0.2) is 51.2 Å². The van der Waals surface area contributed by atoms with Crippen molar-refractivity contribution in [3.8, 4) is 11.5 Å². The molecule has 1 heterocycles. The molecular formula is C22H27ClN2O3. The number of halogens is 1. The van der Waals surface area contributed by atoms with Gasteiger partial charge < -0.3 is 19.3 Å². The first-order chi connectivity index (χ1) is 13.5. The van der Waals surface area contributed by atoms with Gasteiger partial charge in [0, 0.05) is 49.4 Å². The third kappa shape index (κ3) is 4.90. The van der Waals surface area contributed by atoms with Crippen LogP contribution in [0.15, 0.2) is 36.4 Å². The number of benzene rings is 2. The molecule has 0 unspecified atom stereocenters. The van der Waals surface area contributed by atoms with Gasteiger partial charge in [-0.05, 0) is 48.7 Å². The number of anilines is 1. The lowest BCUT2D eigenvalue weighted by molar-refractivity contribution is -0.131. The summed E-state index contributed by atoms with van der Waals surface area (Å²) in [6, 6.07) is 11.7. The van der Waals surface area contributed by atoms with Crippen molar-refractivity contribution in [3.63, 3.8) is 0 Å². The van der Waals surface area contributed by atoms with E-state index in [0.717, 1.165) is 54.0 Å². The summed E-state index contributed by atoms with van der Waals surface area (Å²) in [5.41, 5.74) is 3.40. The Morgan fingerprint density at radius 1 is 1.00 bits per heavy atom. The molecule has 28 heavy (non-hydrogen) atoms. The molecule has 2 aromatic rings. The minimum Gasteiger partial charge on any atom is -0.497 e. The quantitative estimate of drug-likeness (QED) is 0.733. The fourth-order valence-electron chi connectivity index (χ4n) is 3.54. The molecule has 0 N–H and O–H groups in total. The van der Waals surface area contributed by atoms with E-state index in [-0.39, 0.29) is 5.91 Å². The Balaban J connectivity index is 1.55. The van der Waals surface area contributed by atoms with E-state index in [0.29, 0.717) is 12.8 Å². The normalized spacial score (nSPS) is 14.1. The maximum atomic E-state index is 12.7. The third-order valence-corrected chi connectivity index (χ3v) is 5.42. The van der Waals surface area contributed by atoms with Gasteiger partial charge in [0.2, 0.25) is 5.91 Å².